The summed E-state index contributed by atoms with van der Waals surface area (Å²) < 4.78 is 84.3. The Hall–Kier alpha value is -3.51. The summed E-state index contributed by atoms with van der Waals surface area (Å²) >= 11 is 0. The van der Waals surface area contributed by atoms with E-state index in [9.17, 15) is 36.2 Å². The minimum Gasteiger partial charge on any atom is -0.490 e. The molecule has 3 heterocycles. The van der Waals surface area contributed by atoms with Crippen molar-refractivity contribution in [2.45, 2.75) is 50.7 Å². The third-order valence-corrected chi connectivity index (χ3v) is 6.46. The molecule has 0 radical (unpaired) electrons. The van der Waals surface area contributed by atoms with Crippen molar-refractivity contribution in [2.75, 3.05) is 23.0 Å². The van der Waals surface area contributed by atoms with Crippen LogP contribution in [0.4, 0.5) is 37.8 Å². The van der Waals surface area contributed by atoms with E-state index in [1.807, 2.05) is 4.90 Å². The van der Waals surface area contributed by atoms with Crippen molar-refractivity contribution in [2.24, 2.45) is 11.0 Å². The van der Waals surface area contributed by atoms with Crippen LogP contribution in [0.15, 0.2) is 47.7 Å². The van der Waals surface area contributed by atoms with Crippen LogP contribution in [-0.4, -0.2) is 53.2 Å². The maximum atomic E-state index is 13.4. The van der Waals surface area contributed by atoms with E-state index in [1.54, 1.807) is 12.1 Å². The topological polar surface area (TPSA) is 78.3 Å². The van der Waals surface area contributed by atoms with Crippen LogP contribution in [0, 0.1) is 5.92 Å². The van der Waals surface area contributed by atoms with Crippen molar-refractivity contribution in [3.8, 4) is 5.75 Å². The number of aliphatic carboxylic acids is 1. The van der Waals surface area contributed by atoms with Crippen LogP contribution < -0.4 is 14.6 Å². The van der Waals surface area contributed by atoms with Crippen LogP contribution >= 0.6 is 0 Å². The molecular weight excluding hydrogens is 506 g/mol. The molecule has 1 aromatic heterocycles. The van der Waals surface area contributed by atoms with Crippen molar-refractivity contribution >= 4 is 23.2 Å². The summed E-state index contributed by atoms with van der Waals surface area (Å²) in [6.45, 7) is 2.36. The molecule has 0 unspecified atom stereocenters. The molecule has 0 amide bonds. The lowest BCUT2D eigenvalue weighted by Gasteiger charge is -2.33. The van der Waals surface area contributed by atoms with Gasteiger partial charge in [-0.3, -0.25) is 9.80 Å². The molecule has 2 aliphatic heterocycles. The standard InChI is InChI=1S/C24H24F6N4O3/c1-14-19(12-21(35)36)34(32-22(14)24(28,29)30)16-3-5-17(6-4-16)37-18-8-10-33(11-9-18)20-7-2-15(13-31-20)23(25,26)27/h2-7,13-14,18-19H,8-12H2,1H3,(H,35,36)/t14-,19-/m0/s1. The minimum absolute atomic E-state index is 0.169. The number of carboxylic acid groups (broad SMARTS) is 1. The van der Waals surface area contributed by atoms with Gasteiger partial charge < -0.3 is 14.7 Å². The average molecular weight is 530 g/mol. The maximum absolute atomic E-state index is 13.4. The number of ether oxygens (including phenoxy) is 1. The van der Waals surface area contributed by atoms with E-state index in [2.05, 4.69) is 10.1 Å². The Kier molecular flexibility index (Phi) is 7.24. The molecule has 13 heteroatoms. The Balaban J connectivity index is 1.37. The highest BCUT2D eigenvalue weighted by Gasteiger charge is 2.48. The number of alkyl halides is 6. The van der Waals surface area contributed by atoms with E-state index >= 15 is 0 Å². The Morgan fingerprint density at radius 2 is 1.68 bits per heavy atom. The van der Waals surface area contributed by atoms with E-state index in [1.165, 1.54) is 25.1 Å². The number of hydrazone groups is 1. The van der Waals surface area contributed by atoms with Crippen molar-refractivity contribution in [3.63, 3.8) is 0 Å². The summed E-state index contributed by atoms with van der Waals surface area (Å²) in [7, 11) is 0. The number of benzene rings is 1. The fraction of sp³-hybridized carbons (Fsp3) is 0.458. The molecule has 1 aromatic carbocycles. The fourth-order valence-corrected chi connectivity index (χ4v) is 4.49. The molecule has 0 bridgehead atoms. The number of rotatable bonds is 6. The Bertz CT molecular complexity index is 1130. The van der Waals surface area contributed by atoms with Crippen molar-refractivity contribution in [1.29, 1.82) is 0 Å². The van der Waals surface area contributed by atoms with Crippen molar-refractivity contribution in [1.82, 2.24) is 4.98 Å². The zero-order chi connectivity index (χ0) is 27.0. The first kappa shape index (κ1) is 26.6. The molecule has 1 N–H and O–H groups in total. The summed E-state index contributed by atoms with van der Waals surface area (Å²) in [5, 5.41) is 14.0. The molecule has 200 valence electrons. The molecular formula is C24H24F6N4O3. The van der Waals surface area contributed by atoms with Gasteiger partial charge in [-0.25, -0.2) is 4.98 Å². The van der Waals surface area contributed by atoms with Gasteiger partial charge in [-0.15, -0.1) is 0 Å². The second-order valence-corrected chi connectivity index (χ2v) is 8.98. The molecule has 0 spiro atoms. The SMILES string of the molecule is C[C@@H]1C(C(F)(F)F)=NN(c2ccc(OC3CCN(c4ccc(C(F)(F)F)cn4)CC3)cc2)[C@H]1CC(=O)O. The first-order valence-electron chi connectivity index (χ1n) is 11.5. The molecule has 2 aliphatic rings. The molecule has 4 rings (SSSR count). The highest BCUT2D eigenvalue weighted by molar-refractivity contribution is 5.95. The van der Waals surface area contributed by atoms with Gasteiger partial charge in [-0.05, 0) is 36.4 Å². The van der Waals surface area contributed by atoms with Crippen LogP contribution in [0.1, 0.15) is 31.7 Å². The second kappa shape index (κ2) is 10.1. The molecule has 2 atom stereocenters. The van der Waals surface area contributed by atoms with Gasteiger partial charge in [0.05, 0.1) is 23.7 Å². The van der Waals surface area contributed by atoms with Gasteiger partial charge in [0.2, 0.25) is 0 Å². The van der Waals surface area contributed by atoms with Crippen LogP contribution in [0.3, 0.4) is 0 Å². The third-order valence-electron chi connectivity index (χ3n) is 6.46. The highest BCUT2D eigenvalue weighted by atomic mass is 19.4. The Morgan fingerprint density at radius 3 is 2.19 bits per heavy atom. The first-order valence-corrected chi connectivity index (χ1v) is 11.5. The number of pyridine rings is 1. The molecule has 37 heavy (non-hydrogen) atoms. The predicted octanol–water partition coefficient (Wildman–Crippen LogP) is 5.37. The smallest absolute Gasteiger partial charge is 0.431 e. The largest absolute Gasteiger partial charge is 0.490 e. The van der Waals surface area contributed by atoms with Crippen LogP contribution in [-0.2, 0) is 11.0 Å². The summed E-state index contributed by atoms with van der Waals surface area (Å²) in [4.78, 5) is 17.0. The molecule has 7 nitrogen and oxygen atoms in total. The van der Waals surface area contributed by atoms with E-state index in [-0.39, 0.29) is 6.10 Å². The van der Waals surface area contributed by atoms with Gasteiger partial charge in [0, 0.05) is 38.0 Å². The number of hydrogen-bond donors (Lipinski definition) is 1. The van der Waals surface area contributed by atoms with Gasteiger partial charge in [-0.2, -0.15) is 31.4 Å². The lowest BCUT2D eigenvalue weighted by Crippen LogP contribution is -2.38. The minimum atomic E-state index is -4.67. The molecule has 0 aliphatic carbocycles. The van der Waals surface area contributed by atoms with Gasteiger partial charge in [0.15, 0.2) is 0 Å². The summed E-state index contributed by atoms with van der Waals surface area (Å²) in [6.07, 6.45) is -7.80. The van der Waals surface area contributed by atoms with E-state index in [4.69, 9.17) is 4.74 Å². The number of anilines is 2. The van der Waals surface area contributed by atoms with Crippen LogP contribution in [0.5, 0.6) is 5.75 Å². The monoisotopic (exact) mass is 530 g/mol. The zero-order valence-corrected chi connectivity index (χ0v) is 19.6. The van der Waals surface area contributed by atoms with Crippen LogP contribution in [0.2, 0.25) is 0 Å². The van der Waals surface area contributed by atoms with Crippen molar-refractivity contribution < 1.29 is 41.0 Å². The number of carboxylic acids is 1. The number of aromatic nitrogens is 1. The third kappa shape index (κ3) is 6.08. The number of hydrogen-bond acceptors (Lipinski definition) is 6. The average Bonchev–Trinajstić information content (AvgIpc) is 3.15. The lowest BCUT2D eigenvalue weighted by molar-refractivity contribution is -0.138. The number of nitrogens with zero attached hydrogens (tertiary/aromatic N) is 4. The molecule has 0 saturated carbocycles. The normalized spacial score (nSPS) is 21.2. The Labute approximate surface area is 208 Å². The van der Waals surface area contributed by atoms with Gasteiger partial charge in [0.25, 0.3) is 0 Å². The maximum Gasteiger partial charge on any atom is 0.431 e. The van der Waals surface area contributed by atoms with Crippen LogP contribution in [0.25, 0.3) is 0 Å². The predicted molar refractivity (Wildman–Crippen MR) is 123 cm³/mol. The number of halogens is 6. The first-order chi connectivity index (χ1) is 17.3. The van der Waals surface area contributed by atoms with Gasteiger partial charge in [-0.1, -0.05) is 6.92 Å². The quantitative estimate of drug-likeness (QED) is 0.507. The highest BCUT2D eigenvalue weighted by Crippen LogP contribution is 2.37. The lowest BCUT2D eigenvalue weighted by atomic mass is 9.94. The summed E-state index contributed by atoms with van der Waals surface area (Å²) in [5.74, 6) is -1.41. The number of carbonyl (C=O) groups is 1. The van der Waals surface area contributed by atoms with Gasteiger partial charge >= 0.3 is 18.3 Å². The molecule has 1 fully saturated rings. The molecule has 1 saturated heterocycles. The van der Waals surface area contributed by atoms with E-state index in [0.29, 0.717) is 43.2 Å². The van der Waals surface area contributed by atoms with Gasteiger partial charge in [0.1, 0.15) is 23.4 Å². The van der Waals surface area contributed by atoms with E-state index in [0.717, 1.165) is 17.3 Å². The molecule has 2 aromatic rings. The second-order valence-electron chi connectivity index (χ2n) is 8.98. The Morgan fingerprint density at radius 1 is 1.03 bits per heavy atom. The summed E-state index contributed by atoms with van der Waals surface area (Å²) in [5.41, 5.74) is -1.52. The summed E-state index contributed by atoms with van der Waals surface area (Å²) in [6, 6.07) is 7.58. The zero-order valence-electron chi connectivity index (χ0n) is 19.6. The number of piperidine rings is 1. The van der Waals surface area contributed by atoms with E-state index < -0.39 is 48.0 Å². The fourth-order valence-electron chi connectivity index (χ4n) is 4.49. The van der Waals surface area contributed by atoms with Crippen molar-refractivity contribution in [3.05, 3.63) is 48.2 Å².